The summed E-state index contributed by atoms with van der Waals surface area (Å²) in [6.07, 6.45) is 5.20. The third-order valence-corrected chi connectivity index (χ3v) is 5.44. The summed E-state index contributed by atoms with van der Waals surface area (Å²) in [6, 6.07) is 5.94. The summed E-state index contributed by atoms with van der Waals surface area (Å²) in [5.41, 5.74) is 7.03. The van der Waals surface area contributed by atoms with Gasteiger partial charge in [0.1, 0.15) is 17.9 Å². The lowest BCUT2D eigenvalue weighted by Crippen LogP contribution is -2.28. The number of carbonyl (C=O) groups is 1. The summed E-state index contributed by atoms with van der Waals surface area (Å²) in [5.74, 6) is -0.0435. The lowest BCUT2D eigenvalue weighted by Gasteiger charge is -2.22. The van der Waals surface area contributed by atoms with Gasteiger partial charge in [0, 0.05) is 25.2 Å². The second-order valence-corrected chi connectivity index (χ2v) is 8.63. The first-order chi connectivity index (χ1) is 14.6. The molecule has 2 aromatic rings. The average molecular weight is 450 g/mol. The van der Waals surface area contributed by atoms with Gasteiger partial charge in [-0.25, -0.2) is 9.37 Å². The molecule has 2 rings (SSSR count). The predicted octanol–water partition coefficient (Wildman–Crippen LogP) is 2.11. The van der Waals surface area contributed by atoms with Crippen LogP contribution in [0.15, 0.2) is 30.3 Å². The Morgan fingerprint density at radius 1 is 1.29 bits per heavy atom. The van der Waals surface area contributed by atoms with Crippen LogP contribution in [-0.4, -0.2) is 59.0 Å². The topological polar surface area (TPSA) is 119 Å². The molecule has 0 bridgehead atoms. The monoisotopic (exact) mass is 449 g/mol. The van der Waals surface area contributed by atoms with Gasteiger partial charge in [-0.3, -0.25) is 4.79 Å². The van der Waals surface area contributed by atoms with E-state index < -0.39 is 23.4 Å². The van der Waals surface area contributed by atoms with Crippen molar-refractivity contribution in [2.75, 3.05) is 36.6 Å². The van der Waals surface area contributed by atoms with E-state index in [9.17, 15) is 18.8 Å². The van der Waals surface area contributed by atoms with Gasteiger partial charge in [0.25, 0.3) is 5.95 Å². The zero-order valence-corrected chi connectivity index (χ0v) is 18.9. The van der Waals surface area contributed by atoms with Crippen molar-refractivity contribution in [3.63, 3.8) is 0 Å². The van der Waals surface area contributed by atoms with E-state index in [-0.39, 0.29) is 18.2 Å². The normalized spacial score (nSPS) is 13.3. The Morgan fingerprint density at radius 2 is 1.94 bits per heavy atom. The van der Waals surface area contributed by atoms with Gasteiger partial charge in [-0.1, -0.05) is 12.2 Å². The fraction of sp³-hybridized carbons (Fsp3) is 0.381. The molecule has 10 heteroatoms. The highest BCUT2D eigenvalue weighted by molar-refractivity contribution is 7.92. The van der Waals surface area contributed by atoms with Crippen molar-refractivity contribution in [1.29, 1.82) is 0 Å². The number of aliphatic hydroxyl groups excluding tert-OH is 1. The highest BCUT2D eigenvalue weighted by atomic mass is 32.2. The number of halogens is 1. The van der Waals surface area contributed by atoms with Gasteiger partial charge in [-0.05, 0) is 37.1 Å². The third-order valence-electron chi connectivity index (χ3n) is 4.51. The molecular weight excluding hydrogens is 421 g/mol. The maximum atomic E-state index is 13.5. The lowest BCUT2D eigenvalue weighted by atomic mass is 10.0. The van der Waals surface area contributed by atoms with Gasteiger partial charge in [-0.15, -0.1) is 0 Å². The average Bonchev–Trinajstić information content (AvgIpc) is 2.70. The smallest absolute Gasteiger partial charge is 0.270 e. The maximum absolute atomic E-state index is 13.5. The molecule has 1 amide bonds. The molecule has 0 aliphatic carbocycles. The molecule has 31 heavy (non-hydrogen) atoms. The van der Waals surface area contributed by atoms with Gasteiger partial charge in [0.2, 0.25) is 5.91 Å². The molecule has 0 radical (unpaired) electrons. The number of rotatable bonds is 10. The van der Waals surface area contributed by atoms with E-state index in [1.165, 1.54) is 22.7 Å². The Bertz CT molecular complexity index is 922. The maximum Gasteiger partial charge on any atom is 0.270 e. The molecule has 2 unspecified atom stereocenters. The minimum atomic E-state index is -1.33. The van der Waals surface area contributed by atoms with E-state index in [1.807, 2.05) is 31.1 Å². The summed E-state index contributed by atoms with van der Waals surface area (Å²) in [5, 5.41) is 9.83. The van der Waals surface area contributed by atoms with E-state index in [4.69, 9.17) is 5.73 Å². The standard InChI is InChI=1S/C21H28FN5O3S/c1-26(2)20-17(8-6-5-7-16(28)13-18(23)29)19(14-9-11-15(22)12-10-14)24-21(25-20)27(3)31(4)30/h6,8-12,16,28H,5,7,13H2,1-4H3,(H2,23,29)/b8-6+. The number of anilines is 2. The van der Waals surface area contributed by atoms with E-state index >= 15 is 0 Å². The Balaban J connectivity index is 2.49. The van der Waals surface area contributed by atoms with Crippen molar-refractivity contribution in [3.05, 3.63) is 41.7 Å². The fourth-order valence-corrected chi connectivity index (χ4v) is 3.16. The van der Waals surface area contributed by atoms with Crippen molar-refractivity contribution in [2.24, 2.45) is 5.73 Å². The number of carbonyl (C=O) groups excluding carboxylic acids is 1. The first-order valence-electron chi connectivity index (χ1n) is 9.65. The Labute approximate surface area is 184 Å². The fourth-order valence-electron chi connectivity index (χ4n) is 2.85. The van der Waals surface area contributed by atoms with Crippen LogP contribution in [0, 0.1) is 5.82 Å². The van der Waals surface area contributed by atoms with Gasteiger partial charge >= 0.3 is 0 Å². The molecule has 3 N–H and O–H groups in total. The number of hydrogen-bond donors (Lipinski definition) is 2. The number of nitrogens with zero attached hydrogens (tertiary/aromatic N) is 4. The number of aliphatic hydroxyl groups is 1. The van der Waals surface area contributed by atoms with Crippen LogP contribution in [0.1, 0.15) is 24.8 Å². The quantitative estimate of drug-likeness (QED) is 0.533. The molecule has 1 heterocycles. The Morgan fingerprint density at radius 3 is 2.48 bits per heavy atom. The Kier molecular flexibility index (Phi) is 8.78. The zero-order valence-electron chi connectivity index (χ0n) is 18.1. The van der Waals surface area contributed by atoms with Crippen molar-refractivity contribution in [1.82, 2.24) is 9.97 Å². The van der Waals surface area contributed by atoms with Crippen LogP contribution in [0.4, 0.5) is 16.2 Å². The SMILES string of the molecule is CN(C)c1nc(N(C)[S+](C)[O-])nc(-c2ccc(F)cc2)c1/C=C/CCC(O)CC(N)=O. The summed E-state index contributed by atoms with van der Waals surface area (Å²) < 4.78 is 26.9. The number of nitrogens with two attached hydrogens (primary N) is 1. The molecule has 0 aliphatic rings. The molecule has 2 atom stereocenters. The first-order valence-corrected chi connectivity index (χ1v) is 11.2. The largest absolute Gasteiger partial charge is 0.593 e. The zero-order chi connectivity index (χ0) is 23.1. The van der Waals surface area contributed by atoms with Crippen LogP contribution in [0.25, 0.3) is 17.3 Å². The second-order valence-electron chi connectivity index (χ2n) is 7.24. The first kappa shape index (κ1) is 24.6. The number of primary amides is 1. The lowest BCUT2D eigenvalue weighted by molar-refractivity contribution is -0.119. The summed E-state index contributed by atoms with van der Waals surface area (Å²) >= 11 is -1.33. The van der Waals surface area contributed by atoms with Crippen LogP contribution in [0.5, 0.6) is 0 Å². The van der Waals surface area contributed by atoms with Crippen LogP contribution >= 0.6 is 0 Å². The van der Waals surface area contributed by atoms with Gasteiger partial charge in [0.15, 0.2) is 0 Å². The number of hydrogen-bond acceptors (Lipinski definition) is 7. The Hall–Kier alpha value is -2.69. The van der Waals surface area contributed by atoms with E-state index in [0.29, 0.717) is 35.5 Å². The van der Waals surface area contributed by atoms with Crippen LogP contribution in [0.3, 0.4) is 0 Å². The van der Waals surface area contributed by atoms with E-state index in [2.05, 4.69) is 9.97 Å². The highest BCUT2D eigenvalue weighted by Gasteiger charge is 2.21. The van der Waals surface area contributed by atoms with Crippen molar-refractivity contribution in [2.45, 2.75) is 25.4 Å². The number of aromatic nitrogens is 2. The van der Waals surface area contributed by atoms with E-state index in [0.717, 1.165) is 0 Å². The van der Waals surface area contributed by atoms with Gasteiger partial charge in [-0.2, -0.15) is 9.29 Å². The van der Waals surface area contributed by atoms with Gasteiger partial charge < -0.3 is 20.3 Å². The van der Waals surface area contributed by atoms with Crippen LogP contribution in [0.2, 0.25) is 0 Å². The molecular formula is C21H28FN5O3S. The molecule has 8 nitrogen and oxygen atoms in total. The molecule has 1 aromatic carbocycles. The molecule has 0 spiro atoms. The summed E-state index contributed by atoms with van der Waals surface area (Å²) in [7, 11) is 5.30. The second kappa shape index (κ2) is 11.1. The molecule has 168 valence electrons. The molecule has 1 aromatic heterocycles. The molecule has 0 fully saturated rings. The van der Waals surface area contributed by atoms with Gasteiger partial charge in [0.05, 0.1) is 36.6 Å². The van der Waals surface area contributed by atoms with Crippen molar-refractivity contribution >= 4 is 35.1 Å². The van der Waals surface area contributed by atoms with Crippen molar-refractivity contribution < 1.29 is 18.8 Å². The molecule has 0 saturated carbocycles. The number of benzene rings is 1. The summed E-state index contributed by atoms with van der Waals surface area (Å²) in [4.78, 5) is 21.9. The third kappa shape index (κ3) is 6.91. The minimum absolute atomic E-state index is 0.0874. The molecule has 0 aliphatic heterocycles. The highest BCUT2D eigenvalue weighted by Crippen LogP contribution is 2.32. The van der Waals surface area contributed by atoms with E-state index in [1.54, 1.807) is 19.2 Å². The van der Waals surface area contributed by atoms with Crippen molar-refractivity contribution in [3.8, 4) is 11.3 Å². The minimum Gasteiger partial charge on any atom is -0.593 e. The predicted molar refractivity (Wildman–Crippen MR) is 122 cm³/mol. The van der Waals surface area contributed by atoms with Crippen LogP contribution < -0.4 is 14.9 Å². The number of allylic oxidation sites excluding steroid dienone is 1. The number of amides is 1. The van der Waals surface area contributed by atoms with Crippen LogP contribution in [-0.2, 0) is 16.2 Å². The molecule has 0 saturated heterocycles. The summed E-state index contributed by atoms with van der Waals surface area (Å²) in [6.45, 7) is 0.